The molecule has 6 nitrogen and oxygen atoms in total. The number of nitrogens with one attached hydrogen (secondary N) is 4. The van der Waals surface area contributed by atoms with E-state index in [1.165, 1.54) is 0 Å². The molecule has 0 saturated heterocycles. The van der Waals surface area contributed by atoms with Crippen LogP contribution in [0.5, 0.6) is 11.5 Å². The maximum atomic E-state index is 6.47. The predicted octanol–water partition coefficient (Wildman–Crippen LogP) is 7.88. The van der Waals surface area contributed by atoms with Crippen molar-refractivity contribution in [2.45, 2.75) is 11.3 Å². The molecule has 0 saturated carbocycles. The molecule has 0 bridgehead atoms. The maximum Gasteiger partial charge on any atom is 0.183 e. The highest BCUT2D eigenvalue weighted by Gasteiger charge is 2.65. The molecule has 4 aliphatic rings. The molecule has 0 amide bonds. The Morgan fingerprint density at radius 3 is 0.940 bits per heavy atom. The first-order chi connectivity index (χ1) is 24.8. The molecular weight excluding hydrogens is 617 g/mol. The fourth-order valence-corrected chi connectivity index (χ4v) is 8.14. The zero-order valence-electron chi connectivity index (χ0n) is 27.2. The molecule has 2 spiro atoms. The third kappa shape index (κ3) is 4.08. The average Bonchev–Trinajstić information content (AvgIpc) is 3.79. The summed E-state index contributed by atoms with van der Waals surface area (Å²) < 4.78 is 12.9. The summed E-state index contributed by atoms with van der Waals surface area (Å²) in [6.07, 6.45) is 0. The van der Waals surface area contributed by atoms with Crippen LogP contribution in [0.2, 0.25) is 0 Å². The molecule has 50 heavy (non-hydrogen) atoms. The number of ether oxygens (including phenoxy) is 2. The quantitative estimate of drug-likeness (QED) is 0.156. The lowest BCUT2D eigenvalue weighted by atomic mass is 9.69. The van der Waals surface area contributed by atoms with Crippen LogP contribution in [0, 0.1) is 0 Å². The molecule has 1 aliphatic carbocycles. The van der Waals surface area contributed by atoms with Crippen LogP contribution in [-0.4, -0.2) is 13.2 Å². The molecule has 3 aliphatic heterocycles. The smallest absolute Gasteiger partial charge is 0.183 e. The molecular formula is C44H34N4O2. The minimum absolute atomic E-state index is 0.455. The lowest BCUT2D eigenvalue weighted by Crippen LogP contribution is -2.72. The van der Waals surface area contributed by atoms with Crippen molar-refractivity contribution < 1.29 is 9.47 Å². The molecule has 0 radical (unpaired) electrons. The second-order valence-corrected chi connectivity index (χ2v) is 13.0. The van der Waals surface area contributed by atoms with E-state index >= 15 is 0 Å². The van der Waals surface area contributed by atoms with Crippen LogP contribution in [0.1, 0.15) is 33.4 Å². The van der Waals surface area contributed by atoms with Gasteiger partial charge in [-0.15, -0.1) is 0 Å². The minimum Gasteiger partial charge on any atom is -0.489 e. The Morgan fingerprint density at radius 2 is 0.640 bits per heavy atom. The standard InChI is InChI=1S/C44H34N4O2/c1-5-15-29(16-6-1)39-40(30-17-7-2-8-18-30)46-43(45-39)33-23-13-25-35-37(33)38-34(24-14-26-36(38)50-28-27-49-35)44(43)47-41(31-19-9-3-10-20-31)42(48-44)32-21-11-4-12-22-32/h1-26,45-48H,27-28H2. The van der Waals surface area contributed by atoms with Gasteiger partial charge in [-0.1, -0.05) is 146 Å². The van der Waals surface area contributed by atoms with E-state index in [0.29, 0.717) is 13.2 Å². The first kappa shape index (κ1) is 28.6. The minimum atomic E-state index is -0.973. The van der Waals surface area contributed by atoms with Crippen LogP contribution in [0.15, 0.2) is 158 Å². The van der Waals surface area contributed by atoms with Gasteiger partial charge in [0.05, 0.1) is 22.8 Å². The first-order valence-electron chi connectivity index (χ1n) is 17.1. The summed E-state index contributed by atoms with van der Waals surface area (Å²) >= 11 is 0. The highest BCUT2D eigenvalue weighted by molar-refractivity contribution is 5.99. The van der Waals surface area contributed by atoms with Gasteiger partial charge in [-0.3, -0.25) is 0 Å². The zero-order valence-corrected chi connectivity index (χ0v) is 27.2. The van der Waals surface area contributed by atoms with E-state index in [1.54, 1.807) is 0 Å². The third-order valence-corrected chi connectivity index (χ3v) is 10.3. The van der Waals surface area contributed by atoms with E-state index in [0.717, 1.165) is 78.8 Å². The van der Waals surface area contributed by atoms with Gasteiger partial charge >= 0.3 is 0 Å². The van der Waals surface area contributed by atoms with Crippen molar-refractivity contribution in [3.05, 3.63) is 191 Å². The molecule has 6 aromatic rings. The lowest BCUT2D eigenvalue weighted by Gasteiger charge is -2.53. The van der Waals surface area contributed by atoms with E-state index in [4.69, 9.17) is 9.47 Å². The summed E-state index contributed by atoms with van der Waals surface area (Å²) in [6.45, 7) is 0.909. The van der Waals surface area contributed by atoms with E-state index in [2.05, 4.69) is 179 Å². The van der Waals surface area contributed by atoms with Crippen LogP contribution < -0.4 is 30.7 Å². The predicted molar refractivity (Wildman–Crippen MR) is 198 cm³/mol. The van der Waals surface area contributed by atoms with E-state index < -0.39 is 11.3 Å². The molecule has 6 aromatic carbocycles. The van der Waals surface area contributed by atoms with Gasteiger partial charge in [-0.25, -0.2) is 0 Å². The van der Waals surface area contributed by atoms with Crippen molar-refractivity contribution in [1.82, 2.24) is 21.3 Å². The van der Waals surface area contributed by atoms with Gasteiger partial charge in [0, 0.05) is 22.3 Å². The Hall–Kier alpha value is -6.40. The second-order valence-electron chi connectivity index (χ2n) is 13.0. The van der Waals surface area contributed by atoms with Gasteiger partial charge in [0.2, 0.25) is 0 Å². The number of rotatable bonds is 4. The summed E-state index contributed by atoms with van der Waals surface area (Å²) in [4.78, 5) is 0. The lowest BCUT2D eigenvalue weighted by molar-refractivity contribution is 0.130. The molecule has 0 atom stereocenters. The van der Waals surface area contributed by atoms with Gasteiger partial charge in [-0.2, -0.15) is 0 Å². The molecule has 3 heterocycles. The molecule has 6 heteroatoms. The first-order valence-corrected chi connectivity index (χ1v) is 17.1. The Morgan fingerprint density at radius 1 is 0.340 bits per heavy atom. The largest absolute Gasteiger partial charge is 0.489 e. The molecule has 0 unspecified atom stereocenters. The van der Waals surface area contributed by atoms with E-state index in [-0.39, 0.29) is 0 Å². The van der Waals surface area contributed by atoms with Crippen LogP contribution >= 0.6 is 0 Å². The number of hydrogen-bond acceptors (Lipinski definition) is 6. The fraction of sp³-hybridized carbons (Fsp3) is 0.0909. The monoisotopic (exact) mass is 650 g/mol. The second kappa shape index (κ2) is 11.1. The molecule has 10 rings (SSSR count). The Bertz CT molecular complexity index is 2050. The van der Waals surface area contributed by atoms with Crippen LogP contribution in [0.3, 0.4) is 0 Å². The van der Waals surface area contributed by atoms with Gasteiger partial charge in [0.25, 0.3) is 0 Å². The summed E-state index contributed by atoms with van der Waals surface area (Å²) in [5.74, 6) is 1.67. The highest BCUT2D eigenvalue weighted by Crippen LogP contribution is 2.60. The van der Waals surface area contributed by atoms with Crippen molar-refractivity contribution in [2.24, 2.45) is 0 Å². The average molecular weight is 651 g/mol. The molecule has 242 valence electrons. The summed E-state index contributed by atoms with van der Waals surface area (Å²) in [7, 11) is 0. The van der Waals surface area contributed by atoms with Gasteiger partial charge in [0.1, 0.15) is 24.7 Å². The summed E-state index contributed by atoms with van der Waals surface area (Å²) in [5.41, 5.74) is 10.5. The number of hydrogen-bond donors (Lipinski definition) is 4. The molecule has 0 fully saturated rings. The van der Waals surface area contributed by atoms with Gasteiger partial charge < -0.3 is 30.7 Å². The fourth-order valence-electron chi connectivity index (χ4n) is 8.14. The Balaban J connectivity index is 1.29. The third-order valence-electron chi connectivity index (χ3n) is 10.3. The topological polar surface area (TPSA) is 66.6 Å². The van der Waals surface area contributed by atoms with Crippen molar-refractivity contribution in [2.75, 3.05) is 13.2 Å². The van der Waals surface area contributed by atoms with Crippen LogP contribution in [-0.2, 0) is 11.3 Å². The Kier molecular flexibility index (Phi) is 6.33. The molecule has 0 aromatic heterocycles. The van der Waals surface area contributed by atoms with Crippen LogP contribution in [0.25, 0.3) is 33.9 Å². The van der Waals surface area contributed by atoms with Crippen molar-refractivity contribution in [3.8, 4) is 22.6 Å². The van der Waals surface area contributed by atoms with E-state index in [1.807, 2.05) is 0 Å². The number of fused-ring (bicyclic) bond motifs is 3. The number of benzene rings is 6. The van der Waals surface area contributed by atoms with Crippen LogP contribution in [0.4, 0.5) is 0 Å². The van der Waals surface area contributed by atoms with E-state index in [9.17, 15) is 0 Å². The Labute approximate surface area is 291 Å². The zero-order chi connectivity index (χ0) is 33.1. The van der Waals surface area contributed by atoms with Crippen molar-refractivity contribution >= 4 is 22.8 Å². The van der Waals surface area contributed by atoms with Gasteiger partial charge in [-0.05, 0) is 34.4 Å². The summed E-state index contributed by atoms with van der Waals surface area (Å²) in [6, 6.07) is 55.1. The highest BCUT2D eigenvalue weighted by atomic mass is 16.5. The maximum absolute atomic E-state index is 6.47. The van der Waals surface area contributed by atoms with Crippen molar-refractivity contribution in [1.29, 1.82) is 0 Å². The normalized spacial score (nSPS) is 17.4. The summed E-state index contributed by atoms with van der Waals surface area (Å²) in [5, 5.41) is 16.7. The molecule has 4 N–H and O–H groups in total. The van der Waals surface area contributed by atoms with Gasteiger partial charge in [0.15, 0.2) is 11.3 Å². The van der Waals surface area contributed by atoms with Crippen molar-refractivity contribution in [3.63, 3.8) is 0 Å². The SMILES string of the molecule is c1ccc(C2=C(c3ccccc3)NC3(N2)c2cccc4c2-c2c(cccc2C32NC(c3ccccc3)=C(c3ccccc3)N2)OCCO4)cc1.